The topological polar surface area (TPSA) is 140 Å². The third kappa shape index (κ3) is 7.38. The Balaban J connectivity index is 0.000000139. The first-order valence-corrected chi connectivity index (χ1v) is 22.9. The van der Waals surface area contributed by atoms with Gasteiger partial charge in [-0.05, 0) is 135 Å². The number of hydrogen-bond acceptors (Lipinski definition) is 8. The van der Waals surface area contributed by atoms with Gasteiger partial charge in [-0.25, -0.2) is 9.97 Å². The van der Waals surface area contributed by atoms with Gasteiger partial charge in [0.2, 0.25) is 0 Å². The Bertz CT molecular complexity index is 2490. The van der Waals surface area contributed by atoms with Crippen LogP contribution in [0, 0.1) is 23.7 Å². The number of aromatic amines is 2. The Morgan fingerprint density at radius 3 is 1.47 bits per heavy atom. The summed E-state index contributed by atoms with van der Waals surface area (Å²) < 4.78 is 12.7. The van der Waals surface area contributed by atoms with E-state index in [1.807, 2.05) is 70.7 Å². The van der Waals surface area contributed by atoms with Crippen molar-refractivity contribution in [3.8, 4) is 33.8 Å². The molecule has 0 aliphatic carbocycles. The summed E-state index contributed by atoms with van der Waals surface area (Å²) in [4.78, 5) is 45.9. The zero-order valence-corrected chi connectivity index (χ0v) is 36.0. The van der Waals surface area contributed by atoms with E-state index in [1.165, 1.54) is 12.8 Å². The Hall–Kier alpha value is -5.14. The largest absolute Gasteiger partial charge is 0.479 e. The number of aromatic nitrogens is 4. The zero-order chi connectivity index (χ0) is 41.9. The molecule has 12 nitrogen and oxygen atoms in total. The van der Waals surface area contributed by atoms with Crippen molar-refractivity contribution >= 4 is 57.1 Å². The van der Waals surface area contributed by atoms with Crippen LogP contribution in [0.4, 0.5) is 0 Å². The minimum absolute atomic E-state index is 0.108. The van der Waals surface area contributed by atoms with Gasteiger partial charge < -0.3 is 39.9 Å². The third-order valence-electron chi connectivity index (χ3n) is 14.1. The summed E-state index contributed by atoms with van der Waals surface area (Å²) in [5.41, 5.74) is 7.49. The summed E-state index contributed by atoms with van der Waals surface area (Å²) in [7, 11) is 0. The monoisotopic (exact) mass is 872 g/mol. The van der Waals surface area contributed by atoms with Crippen molar-refractivity contribution in [2.75, 3.05) is 52.4 Å². The number of nitrogens with one attached hydrogen (secondary N) is 4. The molecule has 4 atom stereocenters. The van der Waals surface area contributed by atoms with Crippen LogP contribution in [0.25, 0.3) is 44.3 Å². The van der Waals surface area contributed by atoms with Gasteiger partial charge in [0.1, 0.15) is 22.8 Å². The Kier molecular flexibility index (Phi) is 10.6. The molecule has 320 valence electrons. The highest BCUT2D eigenvalue weighted by molar-refractivity contribution is 6.31. The summed E-state index contributed by atoms with van der Waals surface area (Å²) >= 11 is 13.0. The van der Waals surface area contributed by atoms with Gasteiger partial charge in [0, 0.05) is 107 Å². The molecule has 4 N–H and O–H groups in total. The van der Waals surface area contributed by atoms with Crippen molar-refractivity contribution in [2.24, 2.45) is 23.7 Å². The predicted molar refractivity (Wildman–Crippen MR) is 241 cm³/mol. The first-order chi connectivity index (χ1) is 30.3. The number of hydrogen-bond donors (Lipinski definition) is 4. The Morgan fingerprint density at radius 2 is 1.05 bits per heavy atom. The molecule has 0 bridgehead atoms. The van der Waals surface area contributed by atoms with Crippen molar-refractivity contribution in [2.45, 2.75) is 50.7 Å². The molecule has 14 heteroatoms. The molecule has 6 aliphatic heterocycles. The van der Waals surface area contributed by atoms with Crippen LogP contribution in [0.5, 0.6) is 11.5 Å². The first kappa shape index (κ1) is 39.7. The number of H-pyrrole nitrogens is 2. The predicted octanol–water partition coefficient (Wildman–Crippen LogP) is 7.29. The molecule has 2 amide bonds. The highest BCUT2D eigenvalue weighted by atomic mass is 35.5. The number of piperidine rings is 2. The van der Waals surface area contributed by atoms with Gasteiger partial charge in [0.05, 0.1) is 0 Å². The number of fused-ring (bicyclic) bond motifs is 4. The molecule has 2 aromatic carbocycles. The average Bonchev–Trinajstić information content (AvgIpc) is 4.08. The highest BCUT2D eigenvalue weighted by Gasteiger charge is 2.40. The first-order valence-electron chi connectivity index (χ1n) is 22.2. The minimum Gasteiger partial charge on any atom is -0.479 e. The lowest BCUT2D eigenvalue weighted by Crippen LogP contribution is -2.53. The number of likely N-dealkylation sites (tertiary alicyclic amines) is 2. The summed E-state index contributed by atoms with van der Waals surface area (Å²) in [6, 6.07) is 15.7. The number of pyridine rings is 2. The molecule has 0 radical (unpaired) electrons. The van der Waals surface area contributed by atoms with Gasteiger partial charge >= 0.3 is 0 Å². The molecule has 6 aliphatic rings. The van der Waals surface area contributed by atoms with E-state index < -0.39 is 12.2 Å². The second-order valence-electron chi connectivity index (χ2n) is 17.9. The molecule has 0 spiro atoms. The molecular weight excluding hydrogens is 823 g/mol. The van der Waals surface area contributed by atoms with Crippen LogP contribution in [-0.4, -0.2) is 106 Å². The normalized spacial score (nSPS) is 23.5. The van der Waals surface area contributed by atoms with Crippen LogP contribution < -0.4 is 20.1 Å². The maximum atomic E-state index is 13.4. The van der Waals surface area contributed by atoms with Crippen molar-refractivity contribution in [3.63, 3.8) is 0 Å². The van der Waals surface area contributed by atoms with Crippen LogP contribution in [0.2, 0.25) is 10.0 Å². The number of nitrogens with zero attached hydrogens (tertiary/aromatic N) is 4. The second kappa shape index (κ2) is 16.5. The number of ether oxygens (including phenoxy) is 2. The Morgan fingerprint density at radius 1 is 0.597 bits per heavy atom. The van der Waals surface area contributed by atoms with Gasteiger partial charge in [-0.2, -0.15) is 0 Å². The van der Waals surface area contributed by atoms with Gasteiger partial charge in [0.15, 0.2) is 12.2 Å². The standard InChI is InChI=1S/2C24H25ClN4O2/c2*25-17-8-15-9-21(24(30)29-7-1-2-14(13-29)16-11-26-12-16)31-22(15)20(10-17)18-3-5-27-23-19(18)4-6-28-23/h2*3-6,8,10,14,16,21,26H,1-2,7,9,11-13H2,(H,27,28)/t2*14?,21-/m10/s1. The van der Waals surface area contributed by atoms with E-state index in [1.54, 1.807) is 12.4 Å². The minimum atomic E-state index is -0.478. The van der Waals surface area contributed by atoms with E-state index in [-0.39, 0.29) is 11.8 Å². The maximum absolute atomic E-state index is 13.4. The van der Waals surface area contributed by atoms with E-state index in [0.29, 0.717) is 46.6 Å². The van der Waals surface area contributed by atoms with Crippen LogP contribution >= 0.6 is 23.2 Å². The van der Waals surface area contributed by atoms with E-state index >= 15 is 0 Å². The number of benzene rings is 2. The van der Waals surface area contributed by atoms with Crippen LogP contribution in [0.1, 0.15) is 36.8 Å². The third-order valence-corrected chi connectivity index (χ3v) is 14.6. The van der Waals surface area contributed by atoms with E-state index in [0.717, 1.165) is 132 Å². The fourth-order valence-corrected chi connectivity index (χ4v) is 11.1. The number of carbonyl (C=O) groups is 2. The fourth-order valence-electron chi connectivity index (χ4n) is 10.6. The van der Waals surface area contributed by atoms with E-state index in [4.69, 9.17) is 32.7 Å². The van der Waals surface area contributed by atoms with E-state index in [9.17, 15) is 9.59 Å². The van der Waals surface area contributed by atoms with Crippen molar-refractivity contribution in [1.82, 2.24) is 40.4 Å². The van der Waals surface area contributed by atoms with Gasteiger partial charge in [-0.15, -0.1) is 0 Å². The summed E-state index contributed by atoms with van der Waals surface area (Å²) in [6.07, 6.45) is 12.1. The zero-order valence-electron chi connectivity index (χ0n) is 34.5. The quantitative estimate of drug-likeness (QED) is 0.137. The maximum Gasteiger partial charge on any atom is 0.264 e. The Labute approximate surface area is 370 Å². The number of carbonyl (C=O) groups excluding carboxylic acids is 2. The number of amides is 2. The molecule has 12 rings (SSSR count). The van der Waals surface area contributed by atoms with E-state index in [2.05, 4.69) is 30.6 Å². The van der Waals surface area contributed by atoms with Gasteiger partial charge in [0.25, 0.3) is 11.8 Å². The molecule has 62 heavy (non-hydrogen) atoms. The lowest BCUT2D eigenvalue weighted by molar-refractivity contribution is -0.141. The van der Waals surface area contributed by atoms with Crippen LogP contribution in [0.15, 0.2) is 73.3 Å². The average molecular weight is 874 g/mol. The lowest BCUT2D eigenvalue weighted by Gasteiger charge is -2.41. The summed E-state index contributed by atoms with van der Waals surface area (Å²) in [5.74, 6) is 4.38. The molecular formula is C48H50Cl2N8O4. The smallest absolute Gasteiger partial charge is 0.264 e. The van der Waals surface area contributed by atoms with Crippen LogP contribution in [0.3, 0.4) is 0 Å². The summed E-state index contributed by atoms with van der Waals surface area (Å²) in [6.45, 7) is 7.69. The van der Waals surface area contributed by atoms with Crippen LogP contribution in [-0.2, 0) is 22.4 Å². The van der Waals surface area contributed by atoms with Gasteiger partial charge in [-0.3, -0.25) is 9.59 Å². The fraction of sp³-hybridized carbons (Fsp3) is 0.417. The van der Waals surface area contributed by atoms with Crippen molar-refractivity contribution in [3.05, 3.63) is 94.5 Å². The molecule has 0 saturated carbocycles. The summed E-state index contributed by atoms with van der Waals surface area (Å²) in [5, 5.41) is 10.1. The molecule has 4 fully saturated rings. The van der Waals surface area contributed by atoms with Crippen molar-refractivity contribution < 1.29 is 19.1 Å². The molecule has 10 heterocycles. The lowest BCUT2D eigenvalue weighted by atomic mass is 9.82. The second-order valence-corrected chi connectivity index (χ2v) is 18.8. The van der Waals surface area contributed by atoms with Gasteiger partial charge in [-0.1, -0.05) is 23.2 Å². The molecule has 2 unspecified atom stereocenters. The highest BCUT2D eigenvalue weighted by Crippen LogP contribution is 2.45. The molecule has 4 saturated heterocycles. The SMILES string of the molecule is O=C([C@@H]1Cc2cc(Cl)cc(-c3ccnc4[nH]ccc34)c2O1)N1CCCC(C2CNC2)C1.O=C([C@H]1Cc2cc(Cl)cc(-c3ccnc4[nH]ccc34)c2O1)N1CCCC(C2CNC2)C1. The number of halogens is 2. The van der Waals surface area contributed by atoms with Crippen molar-refractivity contribution in [1.29, 1.82) is 0 Å². The molecule has 4 aromatic heterocycles. The number of rotatable bonds is 6. The molecule has 6 aromatic rings.